The summed E-state index contributed by atoms with van der Waals surface area (Å²) in [5, 5.41) is 14.3. The molecule has 3 rings (SSSR count). The minimum absolute atomic E-state index is 0.285. The van der Waals surface area contributed by atoms with Crippen LogP contribution in [-0.2, 0) is 7.05 Å². The van der Waals surface area contributed by atoms with E-state index in [2.05, 4.69) is 10.1 Å². The van der Waals surface area contributed by atoms with Crippen molar-refractivity contribution in [2.45, 2.75) is 0 Å². The number of nitrogens with zero attached hydrogens (tertiary/aromatic N) is 3. The van der Waals surface area contributed by atoms with E-state index in [0.717, 1.165) is 16.5 Å². The average molecular weight is 250 g/mol. The maximum Gasteiger partial charge on any atom is 0.267 e. The standard InChI is InChI=1S/C14H10N4O/c1-18-13(19)6-9(7-15)14(17-18)11-8-16-12-5-3-2-4-10(11)12/h2-6,8,16H,1H3. The maximum atomic E-state index is 11.5. The molecule has 0 bridgehead atoms. The van der Waals surface area contributed by atoms with Crippen molar-refractivity contribution in [2.75, 3.05) is 0 Å². The first kappa shape index (κ1) is 11.2. The van der Waals surface area contributed by atoms with Crippen LogP contribution in [0, 0.1) is 11.3 Å². The first-order valence-electron chi connectivity index (χ1n) is 5.75. The fourth-order valence-corrected chi connectivity index (χ4v) is 2.09. The molecule has 5 nitrogen and oxygen atoms in total. The lowest BCUT2D eigenvalue weighted by Crippen LogP contribution is -2.19. The van der Waals surface area contributed by atoms with Gasteiger partial charge in [0.05, 0.1) is 5.56 Å². The molecule has 0 aliphatic rings. The molecule has 0 radical (unpaired) electrons. The smallest absolute Gasteiger partial charge is 0.267 e. The van der Waals surface area contributed by atoms with E-state index < -0.39 is 0 Å². The van der Waals surface area contributed by atoms with Gasteiger partial charge >= 0.3 is 0 Å². The number of aromatic amines is 1. The Bertz CT molecular complexity index is 867. The highest BCUT2D eigenvalue weighted by molar-refractivity contribution is 5.95. The van der Waals surface area contributed by atoms with E-state index in [1.165, 1.54) is 10.7 Å². The molecule has 3 aromatic rings. The Kier molecular flexibility index (Phi) is 2.43. The Balaban J connectivity index is 2.36. The van der Waals surface area contributed by atoms with Gasteiger partial charge in [0.25, 0.3) is 5.56 Å². The highest BCUT2D eigenvalue weighted by atomic mass is 16.1. The number of para-hydroxylation sites is 1. The Morgan fingerprint density at radius 2 is 2.16 bits per heavy atom. The largest absolute Gasteiger partial charge is 0.360 e. The number of rotatable bonds is 1. The van der Waals surface area contributed by atoms with Gasteiger partial charge in [0.2, 0.25) is 0 Å². The molecule has 0 aliphatic carbocycles. The third-order valence-corrected chi connectivity index (χ3v) is 3.06. The summed E-state index contributed by atoms with van der Waals surface area (Å²) in [7, 11) is 1.57. The molecule has 0 amide bonds. The van der Waals surface area contributed by atoms with Crippen molar-refractivity contribution >= 4 is 10.9 Å². The third-order valence-electron chi connectivity index (χ3n) is 3.06. The molecular weight excluding hydrogens is 240 g/mol. The molecule has 0 spiro atoms. The summed E-state index contributed by atoms with van der Waals surface area (Å²) in [5.41, 5.74) is 2.30. The zero-order valence-electron chi connectivity index (χ0n) is 10.2. The molecule has 0 atom stereocenters. The van der Waals surface area contributed by atoms with Gasteiger partial charge in [-0.05, 0) is 6.07 Å². The zero-order chi connectivity index (χ0) is 13.4. The van der Waals surface area contributed by atoms with Gasteiger partial charge in [0.15, 0.2) is 0 Å². The Hall–Kier alpha value is -2.87. The Morgan fingerprint density at radius 3 is 2.95 bits per heavy atom. The van der Waals surface area contributed by atoms with Gasteiger partial charge in [-0.15, -0.1) is 0 Å². The molecule has 19 heavy (non-hydrogen) atoms. The molecule has 1 aromatic carbocycles. The number of hydrogen-bond acceptors (Lipinski definition) is 3. The molecule has 0 saturated heterocycles. The van der Waals surface area contributed by atoms with Crippen LogP contribution in [0.4, 0.5) is 0 Å². The lowest BCUT2D eigenvalue weighted by molar-refractivity contribution is 0.711. The summed E-state index contributed by atoms with van der Waals surface area (Å²) in [6, 6.07) is 11.1. The summed E-state index contributed by atoms with van der Waals surface area (Å²) < 4.78 is 1.23. The number of benzene rings is 1. The number of H-pyrrole nitrogens is 1. The number of hydrogen-bond donors (Lipinski definition) is 1. The minimum atomic E-state index is -0.292. The monoisotopic (exact) mass is 250 g/mol. The van der Waals surface area contributed by atoms with Crippen LogP contribution in [0.3, 0.4) is 0 Å². The van der Waals surface area contributed by atoms with Crippen molar-refractivity contribution in [1.29, 1.82) is 5.26 Å². The van der Waals surface area contributed by atoms with Crippen LogP contribution in [0.15, 0.2) is 41.3 Å². The fourth-order valence-electron chi connectivity index (χ4n) is 2.09. The highest BCUT2D eigenvalue weighted by Crippen LogP contribution is 2.28. The van der Waals surface area contributed by atoms with Crippen molar-refractivity contribution in [3.63, 3.8) is 0 Å². The van der Waals surface area contributed by atoms with E-state index in [1.54, 1.807) is 13.2 Å². The molecule has 0 saturated carbocycles. The second-order valence-corrected chi connectivity index (χ2v) is 4.23. The minimum Gasteiger partial charge on any atom is -0.360 e. The molecule has 2 aromatic heterocycles. The summed E-state index contributed by atoms with van der Waals surface area (Å²) in [6.07, 6.45) is 1.80. The number of nitriles is 1. The second kappa shape index (κ2) is 4.10. The van der Waals surface area contributed by atoms with Gasteiger partial charge in [-0.2, -0.15) is 10.4 Å². The molecule has 5 heteroatoms. The number of aromatic nitrogens is 3. The SMILES string of the molecule is Cn1nc(-c2c[nH]c3ccccc23)c(C#N)cc1=O. The van der Waals surface area contributed by atoms with Gasteiger partial charge in [-0.1, -0.05) is 18.2 Å². The van der Waals surface area contributed by atoms with Crippen molar-refractivity contribution < 1.29 is 0 Å². The lowest BCUT2D eigenvalue weighted by atomic mass is 10.1. The lowest BCUT2D eigenvalue weighted by Gasteiger charge is -2.03. The van der Waals surface area contributed by atoms with Crippen LogP contribution >= 0.6 is 0 Å². The summed E-state index contributed by atoms with van der Waals surface area (Å²) in [5.74, 6) is 0. The van der Waals surface area contributed by atoms with E-state index in [-0.39, 0.29) is 11.1 Å². The van der Waals surface area contributed by atoms with Gasteiger partial charge in [0.1, 0.15) is 11.8 Å². The van der Waals surface area contributed by atoms with Crippen LogP contribution in [-0.4, -0.2) is 14.8 Å². The van der Waals surface area contributed by atoms with Crippen molar-refractivity contribution in [3.8, 4) is 17.3 Å². The quantitative estimate of drug-likeness (QED) is 0.715. The maximum absolute atomic E-state index is 11.5. The number of aryl methyl sites for hydroxylation is 1. The van der Waals surface area contributed by atoms with Crippen LogP contribution in [0.25, 0.3) is 22.2 Å². The van der Waals surface area contributed by atoms with Crippen LogP contribution in [0.5, 0.6) is 0 Å². The molecule has 0 unspecified atom stereocenters. The molecule has 0 fully saturated rings. The summed E-state index contributed by atoms with van der Waals surface area (Å²) in [6.45, 7) is 0. The predicted molar refractivity (Wildman–Crippen MR) is 71.5 cm³/mol. The summed E-state index contributed by atoms with van der Waals surface area (Å²) in [4.78, 5) is 14.7. The molecule has 92 valence electrons. The van der Waals surface area contributed by atoms with Gasteiger partial charge < -0.3 is 4.98 Å². The highest BCUT2D eigenvalue weighted by Gasteiger charge is 2.13. The second-order valence-electron chi connectivity index (χ2n) is 4.23. The van der Waals surface area contributed by atoms with Crippen LogP contribution in [0.2, 0.25) is 0 Å². The normalized spacial score (nSPS) is 10.5. The molecular formula is C14H10N4O. The van der Waals surface area contributed by atoms with Gasteiger partial charge in [0, 0.05) is 35.8 Å². The van der Waals surface area contributed by atoms with E-state index in [9.17, 15) is 4.79 Å². The first-order chi connectivity index (χ1) is 9.20. The molecule has 1 N–H and O–H groups in total. The van der Waals surface area contributed by atoms with E-state index >= 15 is 0 Å². The third kappa shape index (κ3) is 1.70. The zero-order valence-corrected chi connectivity index (χ0v) is 10.2. The van der Waals surface area contributed by atoms with E-state index in [4.69, 9.17) is 5.26 Å². The Labute approximate surface area is 108 Å². The van der Waals surface area contributed by atoms with Gasteiger partial charge in [-0.25, -0.2) is 4.68 Å². The average Bonchev–Trinajstić information content (AvgIpc) is 2.85. The fraction of sp³-hybridized carbons (Fsp3) is 0.0714. The van der Waals surface area contributed by atoms with Crippen molar-refractivity contribution in [1.82, 2.24) is 14.8 Å². The topological polar surface area (TPSA) is 74.5 Å². The molecule has 2 heterocycles. The van der Waals surface area contributed by atoms with Crippen molar-refractivity contribution in [2.24, 2.45) is 7.05 Å². The van der Waals surface area contributed by atoms with E-state index in [1.807, 2.05) is 30.3 Å². The predicted octanol–water partition coefficient (Wildman–Crippen LogP) is 1.80. The number of nitrogens with one attached hydrogen (secondary N) is 1. The Morgan fingerprint density at radius 1 is 1.37 bits per heavy atom. The summed E-state index contributed by atoms with van der Waals surface area (Å²) >= 11 is 0. The first-order valence-corrected chi connectivity index (χ1v) is 5.75. The van der Waals surface area contributed by atoms with Crippen LogP contribution in [0.1, 0.15) is 5.56 Å². The van der Waals surface area contributed by atoms with Gasteiger partial charge in [-0.3, -0.25) is 4.79 Å². The molecule has 0 aliphatic heterocycles. The van der Waals surface area contributed by atoms with E-state index in [0.29, 0.717) is 5.69 Å². The van der Waals surface area contributed by atoms with Crippen LogP contribution < -0.4 is 5.56 Å². The number of fused-ring (bicyclic) bond motifs is 1. The van der Waals surface area contributed by atoms with Crippen molar-refractivity contribution in [3.05, 3.63) is 52.4 Å².